The molecule has 0 spiro atoms. The maximum Gasteiger partial charge on any atom is 0.573 e. The Balaban J connectivity index is 1.06. The molecule has 0 saturated carbocycles. The average molecular weight is 655 g/mol. The minimum Gasteiger partial charge on any atom is -0.406 e. The first-order chi connectivity index (χ1) is 22.0. The van der Waals surface area contributed by atoms with Crippen LogP contribution in [-0.4, -0.2) is 39.2 Å². The lowest BCUT2D eigenvalue weighted by Crippen LogP contribution is -2.47. The second kappa shape index (κ2) is 14.3. The van der Waals surface area contributed by atoms with Crippen LogP contribution in [0.2, 0.25) is 0 Å². The van der Waals surface area contributed by atoms with E-state index in [2.05, 4.69) is 25.5 Å². The number of nitrogens with one attached hydrogen (secondary N) is 2. The fourth-order valence-electron chi connectivity index (χ4n) is 5.05. The number of carbonyl (C=O) groups excluding carboxylic acids is 1. The van der Waals surface area contributed by atoms with Gasteiger partial charge in [-0.1, -0.05) is 49.9 Å². The van der Waals surface area contributed by atoms with Crippen LogP contribution in [0, 0.1) is 5.82 Å². The lowest BCUT2D eigenvalue weighted by molar-refractivity contribution is -0.274. The Morgan fingerprint density at radius 3 is 2.48 bits per heavy atom. The zero-order valence-electron chi connectivity index (χ0n) is 25.5. The molecule has 242 valence electrons. The molecule has 1 aliphatic rings. The normalized spacial score (nSPS) is 14.8. The van der Waals surface area contributed by atoms with Gasteiger partial charge in [-0.3, -0.25) is 0 Å². The maximum atomic E-state index is 13.9. The molecule has 0 saturated heterocycles. The van der Waals surface area contributed by atoms with Gasteiger partial charge >= 0.3 is 12.4 Å². The fourth-order valence-corrected chi connectivity index (χ4v) is 6.06. The second-order valence-electron chi connectivity index (χ2n) is 11.1. The summed E-state index contributed by atoms with van der Waals surface area (Å²) in [4.78, 5) is 19.1. The number of allylic oxidation sites excluding steroid dienone is 1. The second-order valence-corrected chi connectivity index (χ2v) is 12.0. The van der Waals surface area contributed by atoms with E-state index in [9.17, 15) is 22.4 Å². The van der Waals surface area contributed by atoms with Gasteiger partial charge in [0, 0.05) is 23.5 Å². The highest BCUT2D eigenvalue weighted by molar-refractivity contribution is 8.03. The van der Waals surface area contributed by atoms with Crippen molar-refractivity contribution in [1.82, 2.24) is 25.4 Å². The van der Waals surface area contributed by atoms with E-state index in [1.807, 2.05) is 55.3 Å². The molecular weight excluding hydrogens is 620 g/mol. The van der Waals surface area contributed by atoms with Crippen LogP contribution >= 0.6 is 11.8 Å². The number of hydrogen-bond acceptors (Lipinski definition) is 6. The monoisotopic (exact) mass is 654 g/mol. The van der Waals surface area contributed by atoms with Crippen LogP contribution in [0.25, 0.3) is 17.1 Å². The summed E-state index contributed by atoms with van der Waals surface area (Å²) >= 11 is 1.50. The summed E-state index contributed by atoms with van der Waals surface area (Å²) in [5.41, 5.74) is 4.90. The SMILES string of the molecule is CC1=CSC(NC(=O)NCCCCc2ccc(-c3ncn(-c4ccc(OC(F)(F)F)cc4)n3)cc2)N1c1ccc(F)cc1C(C)C. The first kappa shape index (κ1) is 32.9. The molecule has 0 bridgehead atoms. The highest BCUT2D eigenvalue weighted by atomic mass is 32.2. The molecule has 2 N–H and O–H groups in total. The molecular formula is C33H34F4N6O2S. The van der Waals surface area contributed by atoms with E-state index in [1.165, 1.54) is 53.1 Å². The summed E-state index contributed by atoms with van der Waals surface area (Å²) in [5, 5.41) is 12.4. The molecule has 1 aromatic heterocycles. The molecule has 46 heavy (non-hydrogen) atoms. The minimum atomic E-state index is -4.75. The molecule has 0 fully saturated rings. The number of aryl methyl sites for hydroxylation is 1. The highest BCUT2D eigenvalue weighted by Crippen LogP contribution is 2.38. The molecule has 1 atom stereocenters. The number of unbranched alkanes of at least 4 members (excludes halogenated alkanes) is 1. The Bertz CT molecular complexity index is 1670. The number of nitrogens with zero attached hydrogens (tertiary/aromatic N) is 4. The van der Waals surface area contributed by atoms with E-state index in [0.29, 0.717) is 18.1 Å². The largest absolute Gasteiger partial charge is 0.573 e. The number of rotatable bonds is 11. The van der Waals surface area contributed by atoms with Crippen LogP contribution in [-0.2, 0) is 6.42 Å². The number of carbonyl (C=O) groups is 1. The number of amides is 2. The maximum absolute atomic E-state index is 13.9. The number of hydrogen-bond donors (Lipinski definition) is 2. The van der Waals surface area contributed by atoms with Crippen molar-refractivity contribution in [3.05, 3.63) is 101 Å². The molecule has 1 unspecified atom stereocenters. The standard InChI is InChI=1S/C33H34F4N6O2S/c1-21(2)28-18-25(34)11-16-29(28)43-22(3)19-46-32(43)40-31(44)38-17-5-4-6-23-7-9-24(10-8-23)30-39-20-42(41-30)26-12-14-27(15-13-26)45-33(35,36)37/h7-16,18-21,32H,4-6,17H2,1-3H3,(H2,38,40,44). The molecule has 2 amide bonds. The van der Waals surface area contributed by atoms with Gasteiger partial charge in [0.15, 0.2) is 11.3 Å². The summed E-state index contributed by atoms with van der Waals surface area (Å²) in [6.45, 7) is 6.53. The third kappa shape index (κ3) is 8.39. The average Bonchev–Trinajstić information content (AvgIpc) is 3.64. The van der Waals surface area contributed by atoms with E-state index in [-0.39, 0.29) is 29.0 Å². The lowest BCUT2D eigenvalue weighted by Gasteiger charge is -2.31. The van der Waals surface area contributed by atoms with Crippen LogP contribution in [0.15, 0.2) is 84.2 Å². The number of thioether (sulfide) groups is 1. The molecule has 13 heteroatoms. The molecule has 2 heterocycles. The molecule has 0 radical (unpaired) electrons. The van der Waals surface area contributed by atoms with Crippen LogP contribution in [0.5, 0.6) is 5.75 Å². The van der Waals surface area contributed by atoms with Crippen LogP contribution in [0.4, 0.5) is 28.0 Å². The summed E-state index contributed by atoms with van der Waals surface area (Å²) in [6.07, 6.45) is -0.753. The molecule has 4 aromatic rings. The number of ether oxygens (including phenoxy) is 1. The van der Waals surface area contributed by atoms with Gasteiger partial charge in [-0.05, 0) is 91.1 Å². The van der Waals surface area contributed by atoms with Gasteiger partial charge in [0.2, 0.25) is 0 Å². The van der Waals surface area contributed by atoms with E-state index in [1.54, 1.807) is 12.1 Å². The summed E-state index contributed by atoms with van der Waals surface area (Å²) in [6, 6.07) is 17.7. The van der Waals surface area contributed by atoms with Crippen molar-refractivity contribution in [2.75, 3.05) is 11.4 Å². The zero-order chi connectivity index (χ0) is 32.8. The topological polar surface area (TPSA) is 84.3 Å². The van der Waals surface area contributed by atoms with Gasteiger partial charge in [-0.2, -0.15) is 0 Å². The number of benzene rings is 3. The van der Waals surface area contributed by atoms with Crippen LogP contribution in [0.1, 0.15) is 50.7 Å². The number of alkyl halides is 3. The molecule has 8 nitrogen and oxygen atoms in total. The van der Waals surface area contributed by atoms with Crippen molar-refractivity contribution in [3.63, 3.8) is 0 Å². The van der Waals surface area contributed by atoms with Gasteiger partial charge in [0.25, 0.3) is 0 Å². The zero-order valence-corrected chi connectivity index (χ0v) is 26.3. The third-order valence-corrected chi connectivity index (χ3v) is 8.39. The predicted octanol–water partition coefficient (Wildman–Crippen LogP) is 8.12. The number of aromatic nitrogens is 3. The van der Waals surface area contributed by atoms with Gasteiger partial charge in [0.1, 0.15) is 17.9 Å². The Morgan fingerprint density at radius 2 is 1.78 bits per heavy atom. The van der Waals surface area contributed by atoms with Gasteiger partial charge in [-0.15, -0.1) is 18.3 Å². The molecule has 1 aliphatic heterocycles. The summed E-state index contributed by atoms with van der Waals surface area (Å²) in [5.74, 6) is 0.0184. The summed E-state index contributed by atoms with van der Waals surface area (Å²) in [7, 11) is 0. The van der Waals surface area contributed by atoms with E-state index >= 15 is 0 Å². The Hall–Kier alpha value is -4.52. The highest BCUT2D eigenvalue weighted by Gasteiger charge is 2.31. The van der Waals surface area contributed by atoms with Crippen molar-refractivity contribution in [3.8, 4) is 22.8 Å². The Kier molecular flexibility index (Phi) is 10.2. The number of anilines is 1. The van der Waals surface area contributed by atoms with Gasteiger partial charge in [-0.25, -0.2) is 18.9 Å². The molecule has 0 aliphatic carbocycles. The van der Waals surface area contributed by atoms with Crippen LogP contribution in [0.3, 0.4) is 0 Å². The predicted molar refractivity (Wildman–Crippen MR) is 171 cm³/mol. The van der Waals surface area contributed by atoms with Gasteiger partial charge < -0.3 is 20.3 Å². The first-order valence-corrected chi connectivity index (χ1v) is 15.7. The van der Waals surface area contributed by atoms with Crippen molar-refractivity contribution in [2.24, 2.45) is 0 Å². The minimum absolute atomic E-state index is 0.120. The van der Waals surface area contributed by atoms with Crippen molar-refractivity contribution < 1.29 is 27.1 Å². The van der Waals surface area contributed by atoms with Crippen molar-refractivity contribution in [1.29, 1.82) is 0 Å². The van der Waals surface area contributed by atoms with E-state index in [0.717, 1.165) is 47.3 Å². The molecule has 3 aromatic carbocycles. The number of urea groups is 1. The van der Waals surface area contributed by atoms with E-state index in [4.69, 9.17) is 0 Å². The van der Waals surface area contributed by atoms with Crippen molar-refractivity contribution >= 4 is 23.5 Å². The Morgan fingerprint density at radius 1 is 1.04 bits per heavy atom. The fraction of sp³-hybridized carbons (Fsp3) is 0.303. The van der Waals surface area contributed by atoms with E-state index < -0.39 is 6.36 Å². The van der Waals surface area contributed by atoms with Crippen LogP contribution < -0.4 is 20.3 Å². The quantitative estimate of drug-likeness (QED) is 0.126. The van der Waals surface area contributed by atoms with Gasteiger partial charge in [0.05, 0.1) is 5.69 Å². The smallest absolute Gasteiger partial charge is 0.406 e. The number of halogens is 4. The Labute approximate surface area is 268 Å². The van der Waals surface area contributed by atoms with Crippen molar-refractivity contribution in [2.45, 2.75) is 57.8 Å². The lowest BCUT2D eigenvalue weighted by atomic mass is 10.00. The third-order valence-electron chi connectivity index (χ3n) is 7.32. The molecule has 5 rings (SSSR count). The summed E-state index contributed by atoms with van der Waals surface area (Å²) < 4.78 is 56.5. The first-order valence-electron chi connectivity index (χ1n) is 14.8.